The molecule has 0 fully saturated rings. The summed E-state index contributed by atoms with van der Waals surface area (Å²) in [5.41, 5.74) is 2.54. The van der Waals surface area contributed by atoms with E-state index in [9.17, 15) is 4.79 Å². The Labute approximate surface area is 118 Å². The summed E-state index contributed by atoms with van der Waals surface area (Å²) in [4.78, 5) is 16.8. The molecule has 3 rings (SSSR count). The molecule has 2 aromatic rings. The molecule has 1 aliphatic rings. The number of aromatic nitrogens is 3. The highest BCUT2D eigenvalue weighted by Crippen LogP contribution is 2.32. The Kier molecular flexibility index (Phi) is 3.63. The molecule has 0 radical (unpaired) electrons. The summed E-state index contributed by atoms with van der Waals surface area (Å²) >= 11 is 0. The third-order valence-corrected chi connectivity index (χ3v) is 4.09. The van der Waals surface area contributed by atoms with Gasteiger partial charge in [0.1, 0.15) is 17.9 Å². The molecule has 1 heterocycles. The van der Waals surface area contributed by atoms with Gasteiger partial charge >= 0.3 is 0 Å². The van der Waals surface area contributed by atoms with Gasteiger partial charge in [-0.3, -0.25) is 4.79 Å². The van der Waals surface area contributed by atoms with Crippen molar-refractivity contribution in [1.29, 1.82) is 0 Å². The summed E-state index contributed by atoms with van der Waals surface area (Å²) in [6, 6.07) is 8.32. The van der Waals surface area contributed by atoms with Crippen molar-refractivity contribution in [2.45, 2.75) is 45.1 Å². The molecule has 1 aromatic heterocycles. The van der Waals surface area contributed by atoms with Gasteiger partial charge in [0, 0.05) is 12.5 Å². The zero-order valence-corrected chi connectivity index (χ0v) is 11.7. The first-order chi connectivity index (χ1) is 9.79. The molecule has 1 aliphatic carbocycles. The van der Waals surface area contributed by atoms with Crippen molar-refractivity contribution in [1.82, 2.24) is 14.8 Å². The van der Waals surface area contributed by atoms with Crippen LogP contribution >= 0.6 is 0 Å². The van der Waals surface area contributed by atoms with Crippen LogP contribution in [0.15, 0.2) is 30.6 Å². The van der Waals surface area contributed by atoms with E-state index in [4.69, 9.17) is 0 Å². The fourth-order valence-corrected chi connectivity index (χ4v) is 3.06. The van der Waals surface area contributed by atoms with E-state index in [2.05, 4.69) is 28.3 Å². The third kappa shape index (κ3) is 2.38. The minimum atomic E-state index is 0.0296. The van der Waals surface area contributed by atoms with Crippen molar-refractivity contribution in [2.75, 3.05) is 0 Å². The standard InChI is InChI=1S/C16H19N3O/c1-2-19-16(17-11-18-19)10-15(20)14-9-5-7-12-6-3-4-8-13(12)14/h3-4,6,8,11,14H,2,5,7,9-10H2,1H3. The highest BCUT2D eigenvalue weighted by Gasteiger charge is 2.26. The Bertz CT molecular complexity index is 618. The number of carbonyl (C=O) groups is 1. The average Bonchev–Trinajstić information content (AvgIpc) is 2.93. The molecule has 0 aliphatic heterocycles. The molecule has 0 saturated carbocycles. The molecule has 104 valence electrons. The second-order valence-electron chi connectivity index (χ2n) is 5.28. The van der Waals surface area contributed by atoms with Crippen LogP contribution < -0.4 is 0 Å². The molecule has 4 nitrogen and oxygen atoms in total. The van der Waals surface area contributed by atoms with E-state index >= 15 is 0 Å². The van der Waals surface area contributed by atoms with Crippen LogP contribution in [-0.4, -0.2) is 20.5 Å². The number of hydrogen-bond acceptors (Lipinski definition) is 3. The fourth-order valence-electron chi connectivity index (χ4n) is 3.06. The van der Waals surface area contributed by atoms with Gasteiger partial charge in [0.05, 0.1) is 6.42 Å². The van der Waals surface area contributed by atoms with E-state index in [0.29, 0.717) is 6.42 Å². The molecule has 1 unspecified atom stereocenters. The van der Waals surface area contributed by atoms with Crippen molar-refractivity contribution < 1.29 is 4.79 Å². The van der Waals surface area contributed by atoms with Crippen LogP contribution in [0.5, 0.6) is 0 Å². The SMILES string of the molecule is CCn1ncnc1CC(=O)C1CCCc2ccccc21. The molecular formula is C16H19N3O. The monoisotopic (exact) mass is 269 g/mol. The lowest BCUT2D eigenvalue weighted by Crippen LogP contribution is -2.21. The molecule has 0 N–H and O–H groups in total. The zero-order valence-electron chi connectivity index (χ0n) is 11.7. The predicted molar refractivity (Wildman–Crippen MR) is 76.5 cm³/mol. The Hall–Kier alpha value is -1.97. The molecule has 0 saturated heterocycles. The van der Waals surface area contributed by atoms with Crippen molar-refractivity contribution in [2.24, 2.45) is 0 Å². The first-order valence-corrected chi connectivity index (χ1v) is 7.26. The van der Waals surface area contributed by atoms with E-state index in [1.807, 2.05) is 13.0 Å². The van der Waals surface area contributed by atoms with Gasteiger partial charge in [-0.05, 0) is 37.3 Å². The number of benzene rings is 1. The number of hydrogen-bond donors (Lipinski definition) is 0. The number of rotatable bonds is 4. The van der Waals surface area contributed by atoms with Gasteiger partial charge in [-0.15, -0.1) is 0 Å². The summed E-state index contributed by atoms with van der Waals surface area (Å²) in [6.07, 6.45) is 5.04. The molecule has 1 aromatic carbocycles. The average molecular weight is 269 g/mol. The fraction of sp³-hybridized carbons (Fsp3) is 0.438. The van der Waals surface area contributed by atoms with Gasteiger partial charge in [0.2, 0.25) is 0 Å². The molecule has 1 atom stereocenters. The lowest BCUT2D eigenvalue weighted by molar-refractivity contribution is -0.120. The quantitative estimate of drug-likeness (QED) is 0.857. The van der Waals surface area contributed by atoms with Gasteiger partial charge < -0.3 is 0 Å². The summed E-state index contributed by atoms with van der Waals surface area (Å²) in [5, 5.41) is 4.13. The summed E-state index contributed by atoms with van der Waals surface area (Å²) in [7, 11) is 0. The lowest BCUT2D eigenvalue weighted by Gasteiger charge is -2.24. The summed E-state index contributed by atoms with van der Waals surface area (Å²) in [6.45, 7) is 2.77. The van der Waals surface area contributed by atoms with Gasteiger partial charge in [0.15, 0.2) is 0 Å². The van der Waals surface area contributed by atoms with Crippen LogP contribution in [0.3, 0.4) is 0 Å². The summed E-state index contributed by atoms with van der Waals surface area (Å²) < 4.78 is 1.80. The van der Waals surface area contributed by atoms with Crippen LogP contribution in [0.25, 0.3) is 0 Å². The number of Topliss-reactive ketones (excluding diaryl/α,β-unsaturated/α-hetero) is 1. The van der Waals surface area contributed by atoms with Gasteiger partial charge in [-0.25, -0.2) is 9.67 Å². The number of ketones is 1. The van der Waals surface area contributed by atoms with E-state index in [1.165, 1.54) is 17.5 Å². The number of fused-ring (bicyclic) bond motifs is 1. The molecule has 4 heteroatoms. The Balaban J connectivity index is 1.82. The van der Waals surface area contributed by atoms with Gasteiger partial charge in [-0.2, -0.15) is 5.10 Å². The van der Waals surface area contributed by atoms with Crippen molar-refractivity contribution >= 4 is 5.78 Å². The highest BCUT2D eigenvalue weighted by molar-refractivity contribution is 5.87. The molecule has 20 heavy (non-hydrogen) atoms. The highest BCUT2D eigenvalue weighted by atomic mass is 16.1. The van der Waals surface area contributed by atoms with Crippen molar-refractivity contribution in [3.63, 3.8) is 0 Å². The molecular weight excluding hydrogens is 250 g/mol. The van der Waals surface area contributed by atoms with Gasteiger partial charge in [0.25, 0.3) is 0 Å². The smallest absolute Gasteiger partial charge is 0.147 e. The number of aryl methyl sites for hydroxylation is 2. The second-order valence-corrected chi connectivity index (χ2v) is 5.28. The van der Waals surface area contributed by atoms with Crippen molar-refractivity contribution in [3.8, 4) is 0 Å². The van der Waals surface area contributed by atoms with E-state index < -0.39 is 0 Å². The molecule has 0 amide bonds. The van der Waals surface area contributed by atoms with E-state index in [0.717, 1.165) is 31.6 Å². The van der Waals surface area contributed by atoms with Crippen LogP contribution in [0.1, 0.15) is 42.6 Å². The van der Waals surface area contributed by atoms with Crippen LogP contribution in [0.2, 0.25) is 0 Å². The van der Waals surface area contributed by atoms with Crippen LogP contribution in [0, 0.1) is 0 Å². The topological polar surface area (TPSA) is 47.8 Å². The normalized spacial score (nSPS) is 17.8. The first-order valence-electron chi connectivity index (χ1n) is 7.26. The number of carbonyl (C=O) groups excluding carboxylic acids is 1. The molecule has 0 bridgehead atoms. The third-order valence-electron chi connectivity index (χ3n) is 4.09. The minimum absolute atomic E-state index is 0.0296. The Morgan fingerprint density at radius 3 is 3.10 bits per heavy atom. The maximum Gasteiger partial charge on any atom is 0.147 e. The largest absolute Gasteiger partial charge is 0.299 e. The van der Waals surface area contributed by atoms with E-state index in [1.54, 1.807) is 4.68 Å². The summed E-state index contributed by atoms with van der Waals surface area (Å²) in [5.74, 6) is 1.07. The zero-order chi connectivity index (χ0) is 13.9. The number of nitrogens with zero attached hydrogens (tertiary/aromatic N) is 3. The predicted octanol–water partition coefficient (Wildman–Crippen LogP) is 2.53. The lowest BCUT2D eigenvalue weighted by atomic mass is 9.80. The van der Waals surface area contributed by atoms with Gasteiger partial charge in [-0.1, -0.05) is 24.3 Å². The van der Waals surface area contributed by atoms with E-state index in [-0.39, 0.29) is 11.7 Å². The Morgan fingerprint density at radius 2 is 2.25 bits per heavy atom. The van der Waals surface area contributed by atoms with Crippen LogP contribution in [-0.2, 0) is 24.2 Å². The second kappa shape index (κ2) is 5.57. The van der Waals surface area contributed by atoms with Crippen LogP contribution in [0.4, 0.5) is 0 Å². The minimum Gasteiger partial charge on any atom is -0.299 e. The molecule has 0 spiro atoms. The van der Waals surface area contributed by atoms with Crippen molar-refractivity contribution in [3.05, 3.63) is 47.5 Å². The Morgan fingerprint density at radius 1 is 1.40 bits per heavy atom. The first kappa shape index (κ1) is 13.0. The maximum atomic E-state index is 12.6. The maximum absolute atomic E-state index is 12.6.